The van der Waals surface area contributed by atoms with Crippen LogP contribution in [-0.4, -0.2) is 34.9 Å². The number of fused-ring (bicyclic) bond motifs is 1. The molecule has 0 saturated carbocycles. The van der Waals surface area contributed by atoms with E-state index in [1.165, 1.54) is 24.4 Å². The van der Waals surface area contributed by atoms with Gasteiger partial charge in [-0.1, -0.05) is 11.6 Å². The molecule has 2 aromatic heterocycles. The van der Waals surface area contributed by atoms with E-state index in [-0.39, 0.29) is 10.9 Å². The Hall–Kier alpha value is -3.65. The van der Waals surface area contributed by atoms with E-state index in [0.717, 1.165) is 5.56 Å². The number of hydrogen-bond acceptors (Lipinski definition) is 5. The van der Waals surface area contributed by atoms with Crippen LogP contribution < -0.4 is 14.8 Å². The molecule has 9 heteroatoms. The fourth-order valence-electron chi connectivity index (χ4n) is 3.13. The molecule has 4 rings (SSSR count). The van der Waals surface area contributed by atoms with Crippen LogP contribution in [-0.2, 0) is 6.54 Å². The molecule has 7 nitrogen and oxygen atoms in total. The first kappa shape index (κ1) is 20.6. The minimum absolute atomic E-state index is 0.0680. The highest BCUT2D eigenvalue weighted by molar-refractivity contribution is 6.31. The average molecular weight is 441 g/mol. The Labute approximate surface area is 182 Å². The first-order valence-corrected chi connectivity index (χ1v) is 9.65. The second kappa shape index (κ2) is 8.61. The maximum Gasteiger partial charge on any atom is 0.257 e. The number of rotatable bonds is 6. The largest absolute Gasteiger partial charge is 0.497 e. The van der Waals surface area contributed by atoms with Crippen molar-refractivity contribution < 1.29 is 18.7 Å². The molecule has 2 heterocycles. The molecule has 0 atom stereocenters. The summed E-state index contributed by atoms with van der Waals surface area (Å²) in [5, 5.41) is 7.71. The van der Waals surface area contributed by atoms with E-state index in [2.05, 4.69) is 15.4 Å². The van der Waals surface area contributed by atoms with E-state index in [4.69, 9.17) is 21.1 Å². The summed E-state index contributed by atoms with van der Waals surface area (Å²) in [7, 11) is 3.19. The van der Waals surface area contributed by atoms with Gasteiger partial charge in [-0.3, -0.25) is 4.79 Å². The van der Waals surface area contributed by atoms with Gasteiger partial charge in [0.1, 0.15) is 17.3 Å². The average Bonchev–Trinajstić information content (AvgIpc) is 3.18. The normalized spacial score (nSPS) is 10.8. The highest BCUT2D eigenvalue weighted by atomic mass is 35.5. The van der Waals surface area contributed by atoms with Crippen molar-refractivity contribution in [1.29, 1.82) is 0 Å². The zero-order valence-electron chi connectivity index (χ0n) is 16.7. The monoisotopic (exact) mass is 440 g/mol. The maximum atomic E-state index is 13.3. The minimum atomic E-state index is -0.552. The number of nitrogens with zero attached hydrogens (tertiary/aromatic N) is 3. The van der Waals surface area contributed by atoms with Crippen LogP contribution in [0.15, 0.2) is 54.9 Å². The summed E-state index contributed by atoms with van der Waals surface area (Å²) in [6, 6.07) is 11.2. The third-order valence-electron chi connectivity index (χ3n) is 4.73. The molecule has 0 bridgehead atoms. The number of methoxy groups -OCH3 is 2. The number of benzene rings is 2. The molecule has 0 aliphatic rings. The lowest BCUT2D eigenvalue weighted by Gasteiger charge is -2.11. The summed E-state index contributed by atoms with van der Waals surface area (Å²) in [6.07, 6.45) is 3.11. The number of aromatic nitrogens is 3. The van der Waals surface area contributed by atoms with Gasteiger partial charge in [-0.05, 0) is 36.4 Å². The van der Waals surface area contributed by atoms with Crippen molar-refractivity contribution in [3.63, 3.8) is 0 Å². The minimum Gasteiger partial charge on any atom is -0.497 e. The standard InChI is InChI=1S/C22H18ClFN4O3/c1-30-17-5-3-13(20(9-17)31-2)12-28-21-14(11-26-28)7-15(10-25-21)22(29)27-16-4-6-19(24)18(23)8-16/h3-11H,12H2,1-2H3,(H,27,29). The Balaban J connectivity index is 1.57. The van der Waals surface area contributed by atoms with Gasteiger partial charge in [-0.15, -0.1) is 0 Å². The number of halogens is 2. The van der Waals surface area contributed by atoms with Gasteiger partial charge in [0.15, 0.2) is 5.65 Å². The Morgan fingerprint density at radius 2 is 1.97 bits per heavy atom. The number of amides is 1. The van der Waals surface area contributed by atoms with Crippen molar-refractivity contribution in [2.75, 3.05) is 19.5 Å². The van der Waals surface area contributed by atoms with Crippen LogP contribution in [0.25, 0.3) is 11.0 Å². The summed E-state index contributed by atoms with van der Waals surface area (Å²) in [5.74, 6) is 0.435. The molecular weight excluding hydrogens is 423 g/mol. The Kier molecular flexibility index (Phi) is 5.73. The van der Waals surface area contributed by atoms with E-state index in [0.29, 0.717) is 40.3 Å². The quantitative estimate of drug-likeness (QED) is 0.476. The summed E-state index contributed by atoms with van der Waals surface area (Å²) in [6.45, 7) is 0.434. The number of pyridine rings is 1. The molecule has 0 radical (unpaired) electrons. The highest BCUT2D eigenvalue weighted by Crippen LogP contribution is 2.26. The third kappa shape index (κ3) is 4.29. The lowest BCUT2D eigenvalue weighted by atomic mass is 10.2. The molecule has 1 N–H and O–H groups in total. The highest BCUT2D eigenvalue weighted by Gasteiger charge is 2.13. The second-order valence-electron chi connectivity index (χ2n) is 6.70. The fourth-order valence-corrected chi connectivity index (χ4v) is 3.31. The lowest BCUT2D eigenvalue weighted by molar-refractivity contribution is 0.102. The van der Waals surface area contributed by atoms with Gasteiger partial charge in [0.05, 0.1) is 37.5 Å². The molecule has 0 unspecified atom stereocenters. The molecule has 1 amide bonds. The van der Waals surface area contributed by atoms with Gasteiger partial charge in [-0.25, -0.2) is 14.1 Å². The van der Waals surface area contributed by atoms with Crippen molar-refractivity contribution in [1.82, 2.24) is 14.8 Å². The predicted molar refractivity (Wildman–Crippen MR) is 116 cm³/mol. The predicted octanol–water partition coefficient (Wildman–Crippen LogP) is 4.54. The van der Waals surface area contributed by atoms with Crippen molar-refractivity contribution in [3.05, 3.63) is 76.8 Å². The van der Waals surface area contributed by atoms with Crippen molar-refractivity contribution in [2.45, 2.75) is 6.54 Å². The molecule has 0 fully saturated rings. The van der Waals surface area contributed by atoms with Crippen LogP contribution in [0.3, 0.4) is 0 Å². The van der Waals surface area contributed by atoms with Gasteiger partial charge in [0, 0.05) is 28.9 Å². The molecule has 0 aliphatic heterocycles. The van der Waals surface area contributed by atoms with E-state index in [9.17, 15) is 9.18 Å². The van der Waals surface area contributed by atoms with Crippen LogP contribution in [0.2, 0.25) is 5.02 Å². The van der Waals surface area contributed by atoms with E-state index >= 15 is 0 Å². The summed E-state index contributed by atoms with van der Waals surface area (Å²) < 4.78 is 25.7. The molecule has 0 aliphatic carbocycles. The number of anilines is 1. The van der Waals surface area contributed by atoms with E-state index in [1.807, 2.05) is 12.1 Å². The second-order valence-corrected chi connectivity index (χ2v) is 7.11. The molecule has 2 aromatic carbocycles. The zero-order chi connectivity index (χ0) is 22.0. The Morgan fingerprint density at radius 3 is 2.71 bits per heavy atom. The molecule has 158 valence electrons. The molecule has 0 saturated heterocycles. The fraction of sp³-hybridized carbons (Fsp3) is 0.136. The van der Waals surface area contributed by atoms with Gasteiger partial charge in [0.2, 0.25) is 0 Å². The van der Waals surface area contributed by atoms with Crippen LogP contribution in [0.4, 0.5) is 10.1 Å². The number of nitrogens with one attached hydrogen (secondary N) is 1. The Morgan fingerprint density at radius 1 is 1.13 bits per heavy atom. The number of hydrogen-bond donors (Lipinski definition) is 1. The number of ether oxygens (including phenoxy) is 2. The van der Waals surface area contributed by atoms with Crippen molar-refractivity contribution >= 4 is 34.2 Å². The summed E-state index contributed by atoms with van der Waals surface area (Å²) in [5.41, 5.74) is 2.26. The smallest absolute Gasteiger partial charge is 0.257 e. The maximum absolute atomic E-state index is 13.3. The van der Waals surface area contributed by atoms with E-state index < -0.39 is 5.82 Å². The van der Waals surface area contributed by atoms with Crippen LogP contribution in [0, 0.1) is 5.82 Å². The Bertz CT molecular complexity index is 1280. The lowest BCUT2D eigenvalue weighted by Crippen LogP contribution is -2.12. The van der Waals surface area contributed by atoms with Gasteiger partial charge < -0.3 is 14.8 Å². The van der Waals surface area contributed by atoms with Gasteiger partial charge >= 0.3 is 0 Å². The van der Waals surface area contributed by atoms with Crippen LogP contribution >= 0.6 is 11.6 Å². The van der Waals surface area contributed by atoms with Crippen molar-refractivity contribution in [3.8, 4) is 11.5 Å². The number of carbonyl (C=O) groups is 1. The molecule has 31 heavy (non-hydrogen) atoms. The SMILES string of the molecule is COc1ccc(Cn2ncc3cc(C(=O)Nc4ccc(F)c(Cl)c4)cnc32)c(OC)c1. The van der Waals surface area contributed by atoms with Crippen molar-refractivity contribution in [2.24, 2.45) is 0 Å². The third-order valence-corrected chi connectivity index (χ3v) is 5.02. The van der Waals surface area contributed by atoms with Gasteiger partial charge in [-0.2, -0.15) is 5.10 Å². The molecular formula is C22H18ClFN4O3. The van der Waals surface area contributed by atoms with E-state index in [1.54, 1.807) is 37.2 Å². The summed E-state index contributed by atoms with van der Waals surface area (Å²) >= 11 is 5.76. The first-order valence-electron chi connectivity index (χ1n) is 9.27. The zero-order valence-corrected chi connectivity index (χ0v) is 17.5. The number of carbonyl (C=O) groups excluding carboxylic acids is 1. The van der Waals surface area contributed by atoms with Gasteiger partial charge in [0.25, 0.3) is 5.91 Å². The summed E-state index contributed by atoms with van der Waals surface area (Å²) in [4.78, 5) is 17.0. The molecule has 0 spiro atoms. The first-order chi connectivity index (χ1) is 15.0. The van der Waals surface area contributed by atoms with Crippen LogP contribution in [0.5, 0.6) is 11.5 Å². The molecule has 4 aromatic rings. The topological polar surface area (TPSA) is 78.3 Å². The van der Waals surface area contributed by atoms with Crippen LogP contribution in [0.1, 0.15) is 15.9 Å².